The van der Waals surface area contributed by atoms with E-state index in [0.717, 1.165) is 47.2 Å². The lowest BCUT2D eigenvalue weighted by Gasteiger charge is -2.26. The molecule has 7 heteroatoms. The van der Waals surface area contributed by atoms with Crippen molar-refractivity contribution in [1.29, 1.82) is 0 Å². The lowest BCUT2D eigenvalue weighted by Crippen LogP contribution is -2.29. The maximum atomic E-state index is 12.9. The summed E-state index contributed by atoms with van der Waals surface area (Å²) in [5, 5.41) is 10.9. The first kappa shape index (κ1) is 20.3. The van der Waals surface area contributed by atoms with Crippen LogP contribution in [0.5, 0.6) is 0 Å². The van der Waals surface area contributed by atoms with Crippen LogP contribution in [0, 0.1) is 6.92 Å². The van der Waals surface area contributed by atoms with Crippen molar-refractivity contribution in [3.63, 3.8) is 0 Å². The molecule has 0 unspecified atom stereocenters. The molecular weight excluding hydrogens is 400 g/mol. The number of nitrogens with zero attached hydrogens (tertiary/aromatic N) is 4. The van der Waals surface area contributed by atoms with Gasteiger partial charge in [-0.15, -0.1) is 0 Å². The highest BCUT2D eigenvalue weighted by Crippen LogP contribution is 2.27. The number of rotatable bonds is 5. The van der Waals surface area contributed by atoms with Crippen LogP contribution in [0.1, 0.15) is 40.9 Å². The molecule has 0 saturated carbocycles. The van der Waals surface area contributed by atoms with Gasteiger partial charge in [-0.1, -0.05) is 18.6 Å². The highest BCUT2D eigenvalue weighted by atomic mass is 16.2. The molecule has 1 aromatic carbocycles. The van der Waals surface area contributed by atoms with Gasteiger partial charge in [0.15, 0.2) is 5.69 Å². The Kier molecular flexibility index (Phi) is 5.64. The second-order valence-corrected chi connectivity index (χ2v) is 8.37. The second-order valence-electron chi connectivity index (χ2n) is 8.37. The normalized spacial score (nSPS) is 14.5. The summed E-state index contributed by atoms with van der Waals surface area (Å²) < 4.78 is 0. The number of aryl methyl sites for hydroxylation is 1. The molecule has 4 heterocycles. The lowest BCUT2D eigenvalue weighted by atomic mass is 10.0. The highest BCUT2D eigenvalue weighted by molar-refractivity contribution is 6.11. The fourth-order valence-corrected chi connectivity index (χ4v) is 4.26. The topological polar surface area (TPSA) is 86.8 Å². The first-order valence-corrected chi connectivity index (χ1v) is 11.0. The largest absolute Gasteiger partial charge is 0.305 e. The minimum atomic E-state index is -0.285. The summed E-state index contributed by atoms with van der Waals surface area (Å²) in [6, 6.07) is 11.9. The Balaban J connectivity index is 1.42. The number of aromatic nitrogens is 4. The molecule has 1 fully saturated rings. The van der Waals surface area contributed by atoms with E-state index in [0.29, 0.717) is 11.5 Å². The van der Waals surface area contributed by atoms with Crippen LogP contribution >= 0.6 is 0 Å². The van der Waals surface area contributed by atoms with Crippen molar-refractivity contribution in [3.05, 3.63) is 71.8 Å². The Hall–Kier alpha value is -3.58. The molecule has 0 atom stereocenters. The molecule has 1 aliphatic heterocycles. The molecule has 0 spiro atoms. The van der Waals surface area contributed by atoms with Gasteiger partial charge in [0.2, 0.25) is 0 Å². The van der Waals surface area contributed by atoms with Crippen molar-refractivity contribution in [2.75, 3.05) is 18.4 Å². The summed E-state index contributed by atoms with van der Waals surface area (Å²) in [6.07, 6.45) is 9.35. The standard InChI is InChI=1S/C25H26N6O/c1-17-6-5-9-27-24(17)28-25(32)23-21-13-19(7-8-22(21)29-30-23)20-12-18(14-26-15-20)16-31-10-3-2-4-11-31/h5-9,12-15H,2-4,10-11,16H2,1H3,(H,29,30)(H,27,28,32). The number of benzene rings is 1. The Morgan fingerprint density at radius 2 is 1.97 bits per heavy atom. The van der Waals surface area contributed by atoms with Crippen molar-refractivity contribution >= 4 is 22.6 Å². The summed E-state index contributed by atoms with van der Waals surface area (Å²) in [6.45, 7) is 5.14. The molecule has 4 aromatic rings. The van der Waals surface area contributed by atoms with Gasteiger partial charge in [-0.3, -0.25) is 19.8 Å². The van der Waals surface area contributed by atoms with Crippen molar-refractivity contribution in [2.45, 2.75) is 32.7 Å². The van der Waals surface area contributed by atoms with E-state index in [4.69, 9.17) is 0 Å². The molecule has 2 N–H and O–H groups in total. The van der Waals surface area contributed by atoms with Gasteiger partial charge in [-0.25, -0.2) is 4.98 Å². The molecule has 32 heavy (non-hydrogen) atoms. The monoisotopic (exact) mass is 426 g/mol. The minimum absolute atomic E-state index is 0.285. The van der Waals surface area contributed by atoms with Gasteiger partial charge in [-0.2, -0.15) is 5.10 Å². The molecule has 0 aliphatic carbocycles. The van der Waals surface area contributed by atoms with E-state index in [1.807, 2.05) is 49.6 Å². The third-order valence-electron chi connectivity index (χ3n) is 6.00. The molecule has 162 valence electrons. The molecule has 1 aliphatic rings. The van der Waals surface area contributed by atoms with Crippen molar-refractivity contribution in [2.24, 2.45) is 0 Å². The molecule has 1 saturated heterocycles. The number of hydrogen-bond donors (Lipinski definition) is 2. The predicted octanol–water partition coefficient (Wildman–Crippen LogP) is 4.57. The number of anilines is 1. The lowest BCUT2D eigenvalue weighted by molar-refractivity contribution is 0.102. The van der Waals surface area contributed by atoms with Gasteiger partial charge >= 0.3 is 0 Å². The van der Waals surface area contributed by atoms with Crippen LogP contribution in [0.25, 0.3) is 22.0 Å². The number of likely N-dealkylation sites (tertiary alicyclic amines) is 1. The van der Waals surface area contributed by atoms with E-state index < -0.39 is 0 Å². The zero-order chi connectivity index (χ0) is 21.9. The quantitative estimate of drug-likeness (QED) is 0.488. The Bertz CT molecular complexity index is 1260. The number of fused-ring (bicyclic) bond motifs is 1. The van der Waals surface area contributed by atoms with Crippen LogP contribution in [-0.2, 0) is 6.54 Å². The number of amides is 1. The molecule has 5 rings (SSSR count). The number of piperidine rings is 1. The Morgan fingerprint density at radius 1 is 1.09 bits per heavy atom. The maximum absolute atomic E-state index is 12.9. The fraction of sp³-hybridized carbons (Fsp3) is 0.280. The smallest absolute Gasteiger partial charge is 0.277 e. The van der Waals surface area contributed by atoms with Crippen molar-refractivity contribution in [1.82, 2.24) is 25.1 Å². The van der Waals surface area contributed by atoms with Crippen LogP contribution < -0.4 is 5.32 Å². The van der Waals surface area contributed by atoms with Crippen LogP contribution in [0.3, 0.4) is 0 Å². The number of carbonyl (C=O) groups excluding carboxylic acids is 1. The van der Waals surface area contributed by atoms with Crippen molar-refractivity contribution in [3.8, 4) is 11.1 Å². The number of nitrogens with one attached hydrogen (secondary N) is 2. The second kappa shape index (κ2) is 8.88. The summed E-state index contributed by atoms with van der Waals surface area (Å²) in [5.41, 5.74) is 5.32. The number of H-pyrrole nitrogens is 1. The molecule has 0 bridgehead atoms. The van der Waals surface area contributed by atoms with Gasteiger partial charge in [0, 0.05) is 36.1 Å². The first-order chi connectivity index (χ1) is 15.7. The van der Waals surface area contributed by atoms with E-state index >= 15 is 0 Å². The van der Waals surface area contributed by atoms with Gasteiger partial charge in [0.05, 0.1) is 5.52 Å². The Morgan fingerprint density at radius 3 is 2.81 bits per heavy atom. The molecular formula is C25H26N6O. The minimum Gasteiger partial charge on any atom is -0.305 e. The number of aromatic amines is 1. The average molecular weight is 427 g/mol. The highest BCUT2D eigenvalue weighted by Gasteiger charge is 2.17. The van der Waals surface area contributed by atoms with E-state index in [1.165, 1.54) is 24.8 Å². The average Bonchev–Trinajstić information content (AvgIpc) is 3.25. The zero-order valence-corrected chi connectivity index (χ0v) is 18.1. The number of hydrogen-bond acceptors (Lipinski definition) is 5. The third-order valence-corrected chi connectivity index (χ3v) is 6.00. The predicted molar refractivity (Wildman–Crippen MR) is 125 cm³/mol. The van der Waals surface area contributed by atoms with E-state index in [1.54, 1.807) is 6.20 Å². The first-order valence-electron chi connectivity index (χ1n) is 11.0. The van der Waals surface area contributed by atoms with Crippen LogP contribution in [0.2, 0.25) is 0 Å². The zero-order valence-electron chi connectivity index (χ0n) is 18.1. The van der Waals surface area contributed by atoms with E-state index in [9.17, 15) is 4.79 Å². The van der Waals surface area contributed by atoms with Crippen LogP contribution in [0.4, 0.5) is 5.82 Å². The molecule has 0 radical (unpaired) electrons. The molecule has 1 amide bonds. The van der Waals surface area contributed by atoms with Gasteiger partial charge < -0.3 is 5.32 Å². The summed E-state index contributed by atoms with van der Waals surface area (Å²) in [4.78, 5) is 24.1. The molecule has 3 aromatic heterocycles. The summed E-state index contributed by atoms with van der Waals surface area (Å²) >= 11 is 0. The van der Waals surface area contributed by atoms with Crippen molar-refractivity contribution < 1.29 is 4.79 Å². The van der Waals surface area contributed by atoms with Gasteiger partial charge in [0.25, 0.3) is 5.91 Å². The summed E-state index contributed by atoms with van der Waals surface area (Å²) in [5.74, 6) is 0.256. The van der Waals surface area contributed by atoms with Crippen LogP contribution in [0.15, 0.2) is 55.0 Å². The van der Waals surface area contributed by atoms with E-state index in [2.05, 4.69) is 36.4 Å². The third kappa shape index (κ3) is 4.24. The molecule has 7 nitrogen and oxygen atoms in total. The van der Waals surface area contributed by atoms with E-state index in [-0.39, 0.29) is 5.91 Å². The Labute approximate surface area is 186 Å². The van der Waals surface area contributed by atoms with Gasteiger partial charge in [-0.05, 0) is 73.8 Å². The number of carbonyl (C=O) groups is 1. The SMILES string of the molecule is Cc1cccnc1NC(=O)c1n[nH]c2ccc(-c3cncc(CN4CCCCC4)c3)cc12. The summed E-state index contributed by atoms with van der Waals surface area (Å²) in [7, 11) is 0. The van der Waals surface area contributed by atoms with Gasteiger partial charge in [0.1, 0.15) is 5.82 Å². The van der Waals surface area contributed by atoms with Crippen LogP contribution in [-0.4, -0.2) is 44.1 Å². The fourth-order valence-electron chi connectivity index (χ4n) is 4.26. The number of pyridine rings is 2. The maximum Gasteiger partial charge on any atom is 0.277 e.